The van der Waals surface area contributed by atoms with Crippen molar-refractivity contribution in [3.63, 3.8) is 0 Å². The Balaban J connectivity index is 1.80. The molecule has 0 saturated carbocycles. The van der Waals surface area contributed by atoms with Gasteiger partial charge in [-0.15, -0.1) is 0 Å². The number of benzene rings is 1. The summed E-state index contributed by atoms with van der Waals surface area (Å²) < 4.78 is 0. The average Bonchev–Trinajstić information content (AvgIpc) is 2.47. The van der Waals surface area contributed by atoms with Crippen molar-refractivity contribution >= 4 is 10.9 Å². The molecule has 106 valence electrons. The van der Waals surface area contributed by atoms with Crippen LogP contribution in [0, 0.1) is 5.92 Å². The van der Waals surface area contributed by atoms with Gasteiger partial charge >= 0.3 is 0 Å². The lowest BCUT2D eigenvalue weighted by Crippen LogP contribution is -2.52. The Kier molecular flexibility index (Phi) is 3.99. The topological polar surface area (TPSA) is 28.2 Å². The first-order valence-electron chi connectivity index (χ1n) is 7.52. The Bertz CT molecular complexity index is 579. The fourth-order valence-electron chi connectivity index (χ4n) is 3.08. The molecule has 1 atom stereocenters. The third-order valence-corrected chi connectivity index (χ3v) is 4.22. The molecule has 1 saturated heterocycles. The van der Waals surface area contributed by atoms with Crippen LogP contribution in [0.25, 0.3) is 10.9 Å². The van der Waals surface area contributed by atoms with E-state index >= 15 is 0 Å². The van der Waals surface area contributed by atoms with Gasteiger partial charge in [0.05, 0.1) is 5.52 Å². The van der Waals surface area contributed by atoms with Crippen molar-refractivity contribution in [2.75, 3.05) is 19.6 Å². The highest BCUT2D eigenvalue weighted by atomic mass is 15.2. The molecule has 1 unspecified atom stereocenters. The summed E-state index contributed by atoms with van der Waals surface area (Å²) in [4.78, 5) is 7.00. The van der Waals surface area contributed by atoms with E-state index < -0.39 is 0 Å². The van der Waals surface area contributed by atoms with Gasteiger partial charge in [-0.2, -0.15) is 0 Å². The summed E-state index contributed by atoms with van der Waals surface area (Å²) in [5.41, 5.74) is 2.47. The van der Waals surface area contributed by atoms with Crippen LogP contribution in [0.3, 0.4) is 0 Å². The molecule has 2 heterocycles. The van der Waals surface area contributed by atoms with Gasteiger partial charge in [-0.05, 0) is 29.7 Å². The van der Waals surface area contributed by atoms with Crippen LogP contribution in [0.5, 0.6) is 0 Å². The van der Waals surface area contributed by atoms with Crippen LogP contribution >= 0.6 is 0 Å². The maximum Gasteiger partial charge on any atom is 0.0702 e. The monoisotopic (exact) mass is 269 g/mol. The molecule has 3 rings (SSSR count). The van der Waals surface area contributed by atoms with Crippen LogP contribution < -0.4 is 5.32 Å². The minimum absolute atomic E-state index is 0.633. The van der Waals surface area contributed by atoms with E-state index in [9.17, 15) is 0 Å². The predicted molar refractivity (Wildman–Crippen MR) is 83.6 cm³/mol. The smallest absolute Gasteiger partial charge is 0.0702 e. The molecule has 0 aliphatic carbocycles. The standard InChI is InChI=1S/C17H23N3/c1-13(2)17-11-18-8-9-20(17)12-14-5-6-16-15(10-14)4-3-7-19-16/h3-7,10,13,17-18H,8-9,11-12H2,1-2H3. The molecule has 1 N–H and O–H groups in total. The van der Waals surface area contributed by atoms with E-state index in [0.29, 0.717) is 12.0 Å². The van der Waals surface area contributed by atoms with Crippen molar-refractivity contribution in [3.8, 4) is 0 Å². The van der Waals surface area contributed by atoms with E-state index in [4.69, 9.17) is 0 Å². The van der Waals surface area contributed by atoms with Gasteiger partial charge in [0.2, 0.25) is 0 Å². The van der Waals surface area contributed by atoms with Crippen molar-refractivity contribution in [1.82, 2.24) is 15.2 Å². The molecular formula is C17H23N3. The highest BCUT2D eigenvalue weighted by Gasteiger charge is 2.24. The van der Waals surface area contributed by atoms with Gasteiger partial charge < -0.3 is 5.32 Å². The van der Waals surface area contributed by atoms with E-state index in [1.165, 1.54) is 10.9 Å². The Hall–Kier alpha value is -1.45. The number of piperazine rings is 1. The largest absolute Gasteiger partial charge is 0.314 e. The van der Waals surface area contributed by atoms with Crippen molar-refractivity contribution < 1.29 is 0 Å². The van der Waals surface area contributed by atoms with Crippen LogP contribution in [0.1, 0.15) is 19.4 Å². The quantitative estimate of drug-likeness (QED) is 0.928. The van der Waals surface area contributed by atoms with Gasteiger partial charge in [-0.3, -0.25) is 9.88 Å². The molecule has 0 amide bonds. The zero-order valence-electron chi connectivity index (χ0n) is 12.3. The Morgan fingerprint density at radius 2 is 2.25 bits per heavy atom. The van der Waals surface area contributed by atoms with E-state index in [0.717, 1.165) is 31.7 Å². The predicted octanol–water partition coefficient (Wildman–Crippen LogP) is 2.66. The van der Waals surface area contributed by atoms with Crippen molar-refractivity contribution in [1.29, 1.82) is 0 Å². The Morgan fingerprint density at radius 1 is 1.35 bits per heavy atom. The lowest BCUT2D eigenvalue weighted by molar-refractivity contribution is 0.117. The normalized spacial score (nSPS) is 20.6. The summed E-state index contributed by atoms with van der Waals surface area (Å²) >= 11 is 0. The van der Waals surface area contributed by atoms with E-state index in [1.54, 1.807) is 0 Å². The van der Waals surface area contributed by atoms with Gasteiger partial charge in [-0.25, -0.2) is 0 Å². The van der Waals surface area contributed by atoms with Crippen LogP contribution in [0.4, 0.5) is 0 Å². The summed E-state index contributed by atoms with van der Waals surface area (Å²) in [7, 11) is 0. The number of hydrogen-bond acceptors (Lipinski definition) is 3. The van der Waals surface area contributed by atoms with Crippen molar-refractivity contribution in [3.05, 3.63) is 42.1 Å². The van der Waals surface area contributed by atoms with Gasteiger partial charge in [0.1, 0.15) is 0 Å². The Morgan fingerprint density at radius 3 is 3.10 bits per heavy atom. The van der Waals surface area contributed by atoms with Gasteiger partial charge in [0, 0.05) is 43.8 Å². The molecule has 0 bridgehead atoms. The highest BCUT2D eigenvalue weighted by Crippen LogP contribution is 2.19. The molecule has 1 aromatic heterocycles. The first-order chi connectivity index (χ1) is 9.74. The first-order valence-corrected chi connectivity index (χ1v) is 7.52. The zero-order valence-corrected chi connectivity index (χ0v) is 12.3. The molecule has 1 fully saturated rings. The molecule has 3 nitrogen and oxygen atoms in total. The molecule has 0 radical (unpaired) electrons. The minimum atomic E-state index is 0.633. The maximum absolute atomic E-state index is 4.39. The van der Waals surface area contributed by atoms with Crippen LogP contribution in [-0.4, -0.2) is 35.6 Å². The SMILES string of the molecule is CC(C)C1CNCCN1Cc1ccc2ncccc2c1. The van der Waals surface area contributed by atoms with Gasteiger partial charge in [0.25, 0.3) is 0 Å². The molecule has 1 aromatic carbocycles. The number of hydrogen-bond donors (Lipinski definition) is 1. The summed E-state index contributed by atoms with van der Waals surface area (Å²) in [5.74, 6) is 0.685. The van der Waals surface area contributed by atoms with Gasteiger partial charge in [0.15, 0.2) is 0 Å². The highest BCUT2D eigenvalue weighted by molar-refractivity contribution is 5.78. The summed E-state index contributed by atoms with van der Waals surface area (Å²) in [6, 6.07) is 11.4. The summed E-state index contributed by atoms with van der Waals surface area (Å²) in [6.07, 6.45) is 1.85. The number of aromatic nitrogens is 1. The molecule has 2 aromatic rings. The lowest BCUT2D eigenvalue weighted by Gasteiger charge is -2.38. The number of nitrogens with zero attached hydrogens (tertiary/aromatic N) is 2. The second-order valence-electron chi connectivity index (χ2n) is 6.02. The van der Waals surface area contributed by atoms with E-state index in [-0.39, 0.29) is 0 Å². The number of pyridine rings is 1. The maximum atomic E-state index is 4.39. The van der Waals surface area contributed by atoms with Gasteiger partial charge in [-0.1, -0.05) is 26.0 Å². The van der Waals surface area contributed by atoms with Crippen LogP contribution in [0.2, 0.25) is 0 Å². The average molecular weight is 269 g/mol. The molecular weight excluding hydrogens is 246 g/mol. The number of nitrogens with one attached hydrogen (secondary N) is 1. The fraction of sp³-hybridized carbons (Fsp3) is 0.471. The molecule has 20 heavy (non-hydrogen) atoms. The third kappa shape index (κ3) is 2.84. The Labute approximate surface area is 121 Å². The second-order valence-corrected chi connectivity index (χ2v) is 6.02. The fourth-order valence-corrected chi connectivity index (χ4v) is 3.08. The molecule has 0 spiro atoms. The molecule has 3 heteroatoms. The van der Waals surface area contributed by atoms with Crippen LogP contribution in [-0.2, 0) is 6.54 Å². The number of fused-ring (bicyclic) bond motifs is 1. The summed E-state index contributed by atoms with van der Waals surface area (Å²) in [6.45, 7) is 9.00. The van der Waals surface area contributed by atoms with Crippen molar-refractivity contribution in [2.45, 2.75) is 26.4 Å². The minimum Gasteiger partial charge on any atom is -0.314 e. The van der Waals surface area contributed by atoms with E-state index in [1.807, 2.05) is 12.3 Å². The second kappa shape index (κ2) is 5.90. The molecule has 1 aliphatic rings. The third-order valence-electron chi connectivity index (χ3n) is 4.22. The lowest BCUT2D eigenvalue weighted by atomic mass is 9.99. The number of rotatable bonds is 3. The summed E-state index contributed by atoms with van der Waals surface area (Å²) in [5, 5.41) is 4.75. The van der Waals surface area contributed by atoms with Crippen LogP contribution in [0.15, 0.2) is 36.5 Å². The van der Waals surface area contributed by atoms with Crippen molar-refractivity contribution in [2.24, 2.45) is 5.92 Å². The first kappa shape index (κ1) is 13.5. The zero-order chi connectivity index (χ0) is 13.9. The molecule has 1 aliphatic heterocycles. The van der Waals surface area contributed by atoms with E-state index in [2.05, 4.69) is 53.3 Å².